The second-order valence-corrected chi connectivity index (χ2v) is 12.9. The first-order valence-corrected chi connectivity index (χ1v) is 17.1. The maximum absolute atomic E-state index is 13.5. The first-order valence-electron chi connectivity index (χ1n) is 17.1. The van der Waals surface area contributed by atoms with E-state index >= 15 is 0 Å². The number of aromatic nitrogens is 2. The van der Waals surface area contributed by atoms with Crippen LogP contribution in [0.5, 0.6) is 5.75 Å². The average molecular weight is 641 g/mol. The summed E-state index contributed by atoms with van der Waals surface area (Å²) in [5.41, 5.74) is 4.28. The van der Waals surface area contributed by atoms with Gasteiger partial charge in [-0.1, -0.05) is 31.0 Å². The molecule has 0 spiro atoms. The number of amides is 2. The van der Waals surface area contributed by atoms with Gasteiger partial charge in [0.05, 0.1) is 29.7 Å². The van der Waals surface area contributed by atoms with Gasteiger partial charge < -0.3 is 30.1 Å². The van der Waals surface area contributed by atoms with E-state index in [1.54, 1.807) is 18.1 Å². The van der Waals surface area contributed by atoms with Crippen LogP contribution < -0.4 is 25.2 Å². The van der Waals surface area contributed by atoms with Gasteiger partial charge in [0.25, 0.3) is 5.91 Å². The zero-order chi connectivity index (χ0) is 32.8. The van der Waals surface area contributed by atoms with Crippen LogP contribution in [0, 0.1) is 0 Å². The monoisotopic (exact) mass is 640 g/mol. The van der Waals surface area contributed by atoms with Crippen molar-refractivity contribution >= 4 is 41.1 Å². The highest BCUT2D eigenvalue weighted by Gasteiger charge is 2.35. The van der Waals surface area contributed by atoms with Crippen molar-refractivity contribution in [1.82, 2.24) is 25.1 Å². The Bertz CT molecular complexity index is 1540. The third kappa shape index (κ3) is 7.36. The predicted molar refractivity (Wildman–Crippen MR) is 186 cm³/mol. The van der Waals surface area contributed by atoms with Crippen molar-refractivity contribution in [2.45, 2.75) is 64.0 Å². The smallest absolute Gasteiger partial charge is 0.260 e. The Morgan fingerprint density at radius 2 is 1.81 bits per heavy atom. The summed E-state index contributed by atoms with van der Waals surface area (Å²) in [6.07, 6.45) is 9.81. The van der Waals surface area contributed by atoms with Gasteiger partial charge in [0, 0.05) is 51.9 Å². The molecule has 11 nitrogen and oxygen atoms in total. The van der Waals surface area contributed by atoms with Crippen LogP contribution in [-0.4, -0.2) is 97.6 Å². The molecule has 1 aliphatic carbocycles. The number of benzene rings is 2. The van der Waals surface area contributed by atoms with E-state index in [0.29, 0.717) is 36.4 Å². The van der Waals surface area contributed by atoms with Crippen LogP contribution in [-0.2, 0) is 11.2 Å². The Morgan fingerprint density at radius 3 is 2.57 bits per heavy atom. The maximum Gasteiger partial charge on any atom is 0.260 e. The second-order valence-electron chi connectivity index (χ2n) is 12.9. The summed E-state index contributed by atoms with van der Waals surface area (Å²) in [6.45, 7) is 7.42. The number of ether oxygens (including phenoxy) is 1. The summed E-state index contributed by atoms with van der Waals surface area (Å²) < 4.78 is 6.13. The maximum atomic E-state index is 13.5. The minimum Gasteiger partial charge on any atom is -0.492 e. The van der Waals surface area contributed by atoms with Crippen LogP contribution in [0.2, 0.25) is 0 Å². The summed E-state index contributed by atoms with van der Waals surface area (Å²) in [5, 5.41) is 6.29. The lowest BCUT2D eigenvalue weighted by Crippen LogP contribution is -2.49. The van der Waals surface area contributed by atoms with E-state index in [-0.39, 0.29) is 11.9 Å². The van der Waals surface area contributed by atoms with Crippen molar-refractivity contribution in [3.63, 3.8) is 0 Å². The summed E-state index contributed by atoms with van der Waals surface area (Å²) in [7, 11) is 3.97. The highest BCUT2D eigenvalue weighted by atomic mass is 16.5. The fourth-order valence-corrected chi connectivity index (χ4v) is 7.20. The fraction of sp³-hybridized carbons (Fsp3) is 0.500. The highest BCUT2D eigenvalue weighted by molar-refractivity contribution is 6.13. The second kappa shape index (κ2) is 15.1. The highest BCUT2D eigenvalue weighted by Crippen LogP contribution is 2.43. The van der Waals surface area contributed by atoms with E-state index in [9.17, 15) is 9.59 Å². The Hall–Kier alpha value is -4.22. The summed E-state index contributed by atoms with van der Waals surface area (Å²) in [5.74, 6) is 1.89. The molecular weight excluding hydrogens is 592 g/mol. The molecule has 1 saturated carbocycles. The van der Waals surface area contributed by atoms with E-state index in [1.807, 2.05) is 37.3 Å². The number of hydrogen-bond donors (Lipinski definition) is 2. The third-order valence-electron chi connectivity index (χ3n) is 9.85. The molecule has 3 heterocycles. The molecule has 47 heavy (non-hydrogen) atoms. The van der Waals surface area contributed by atoms with Gasteiger partial charge in [0.1, 0.15) is 11.4 Å². The zero-order valence-electron chi connectivity index (χ0n) is 28.0. The van der Waals surface area contributed by atoms with Crippen molar-refractivity contribution in [2.75, 3.05) is 68.5 Å². The Kier molecular flexibility index (Phi) is 10.5. The number of nitrogens with one attached hydrogen (secondary N) is 2. The molecule has 1 unspecified atom stereocenters. The lowest BCUT2D eigenvalue weighted by molar-refractivity contribution is -0.109. The van der Waals surface area contributed by atoms with Crippen LogP contribution in [0.1, 0.15) is 61.4 Å². The predicted octanol–water partition coefficient (Wildman–Crippen LogP) is 4.97. The number of anilines is 5. The molecule has 0 bridgehead atoms. The van der Waals surface area contributed by atoms with Crippen molar-refractivity contribution in [3.05, 3.63) is 59.8 Å². The fourth-order valence-electron chi connectivity index (χ4n) is 7.20. The molecule has 1 atom stereocenters. The number of carbonyl (C=O) groups excluding carboxylic acids is 2. The summed E-state index contributed by atoms with van der Waals surface area (Å²) in [4.78, 5) is 43.1. The molecule has 2 amide bonds. The molecule has 2 fully saturated rings. The van der Waals surface area contributed by atoms with Gasteiger partial charge in [-0.2, -0.15) is 4.98 Å². The van der Waals surface area contributed by atoms with Crippen LogP contribution in [0.3, 0.4) is 0 Å². The molecule has 6 rings (SSSR count). The van der Waals surface area contributed by atoms with Crippen molar-refractivity contribution in [3.8, 4) is 5.75 Å². The third-order valence-corrected chi connectivity index (χ3v) is 9.85. The molecule has 0 radical (unpaired) electrons. The van der Waals surface area contributed by atoms with Gasteiger partial charge in [-0.05, 0) is 75.9 Å². The van der Waals surface area contributed by atoms with Gasteiger partial charge in [-0.25, -0.2) is 4.98 Å². The average Bonchev–Trinajstić information content (AvgIpc) is 3.60. The Labute approximate surface area is 278 Å². The molecule has 11 heteroatoms. The molecule has 2 aromatic carbocycles. The minimum atomic E-state index is -0.0595. The quantitative estimate of drug-likeness (QED) is 0.198. The van der Waals surface area contributed by atoms with Gasteiger partial charge in [0.2, 0.25) is 12.4 Å². The topological polar surface area (TPSA) is 106 Å². The number of carbonyl (C=O) groups is 2. The number of likely N-dealkylation sites (N-methyl/N-ethyl adjacent to an activating group) is 1. The number of nitrogens with zero attached hydrogens (tertiary/aromatic N) is 6. The van der Waals surface area contributed by atoms with Crippen LogP contribution >= 0.6 is 0 Å². The minimum absolute atomic E-state index is 0.0595. The van der Waals surface area contributed by atoms with Crippen molar-refractivity contribution in [2.24, 2.45) is 0 Å². The number of aryl methyl sites for hydroxylation is 1. The zero-order valence-corrected chi connectivity index (χ0v) is 28.0. The van der Waals surface area contributed by atoms with E-state index in [4.69, 9.17) is 9.72 Å². The van der Waals surface area contributed by atoms with Crippen LogP contribution in [0.4, 0.5) is 28.8 Å². The number of rotatable bonds is 13. The number of fused-ring (bicyclic) bond motifs is 2. The van der Waals surface area contributed by atoms with Crippen molar-refractivity contribution < 1.29 is 14.3 Å². The lowest BCUT2D eigenvalue weighted by Gasteiger charge is -2.38. The number of para-hydroxylation sites is 1. The van der Waals surface area contributed by atoms with E-state index in [2.05, 4.69) is 49.5 Å². The van der Waals surface area contributed by atoms with E-state index in [0.717, 1.165) is 100 Å². The standard InChI is InChI=1S/C36H48N8O3/c1-4-47-33-23-26(13-15-27(17-18-37-25-45)43-21-19-41(2)20-22-43)14-16-30(33)39-36-38-24-32-34(40-36)44(28-9-5-6-10-28)31-12-8-7-11-29(31)35(46)42(32)3/h7-8,11-12,14,16,23-25,27-28H,4-6,9-10,13,15,17-22H2,1-3H3,(H,37,45)(H,38,39,40). The molecular formula is C36H48N8O3. The summed E-state index contributed by atoms with van der Waals surface area (Å²) >= 11 is 0. The van der Waals surface area contributed by atoms with Crippen LogP contribution in [0.15, 0.2) is 48.7 Å². The molecule has 2 aliphatic heterocycles. The molecule has 3 aliphatic rings. The Morgan fingerprint density at radius 1 is 1.02 bits per heavy atom. The molecule has 250 valence electrons. The normalized spacial score (nSPS) is 18.0. The van der Waals surface area contributed by atoms with Crippen molar-refractivity contribution in [1.29, 1.82) is 0 Å². The lowest BCUT2D eigenvalue weighted by atomic mass is 10.00. The van der Waals surface area contributed by atoms with Gasteiger partial charge in [-0.3, -0.25) is 14.5 Å². The van der Waals surface area contributed by atoms with Crippen LogP contribution in [0.25, 0.3) is 0 Å². The SMILES string of the molecule is CCOc1cc(CCC(CCNC=O)N2CCN(C)CC2)ccc1Nc1ncc2c(n1)N(C1CCCC1)c1ccccc1C(=O)N2C. The Balaban J connectivity index is 1.24. The number of piperazine rings is 1. The van der Waals surface area contributed by atoms with Gasteiger partial charge in [-0.15, -0.1) is 0 Å². The number of hydrogen-bond acceptors (Lipinski definition) is 9. The molecule has 1 saturated heterocycles. The summed E-state index contributed by atoms with van der Waals surface area (Å²) in [6, 6.07) is 14.8. The molecule has 2 N–H and O–H groups in total. The largest absolute Gasteiger partial charge is 0.492 e. The van der Waals surface area contributed by atoms with E-state index in [1.165, 1.54) is 5.56 Å². The van der Waals surface area contributed by atoms with Gasteiger partial charge >= 0.3 is 0 Å². The first-order chi connectivity index (χ1) is 23.0. The van der Waals surface area contributed by atoms with Gasteiger partial charge in [0.15, 0.2) is 5.82 Å². The van der Waals surface area contributed by atoms with E-state index < -0.39 is 0 Å². The first kappa shape index (κ1) is 32.7. The molecule has 1 aromatic heterocycles. The molecule has 3 aromatic rings.